The van der Waals surface area contributed by atoms with Crippen LogP contribution in [0.3, 0.4) is 0 Å². The van der Waals surface area contributed by atoms with Crippen LogP contribution in [0.15, 0.2) is 54.6 Å². The second-order valence-electron chi connectivity index (χ2n) is 6.71. The number of anilines is 1. The molecule has 0 radical (unpaired) electrons. The topological polar surface area (TPSA) is 24.5 Å². The summed E-state index contributed by atoms with van der Waals surface area (Å²) in [6.07, 6.45) is 1.09. The molecule has 2 rings (SSSR count). The third kappa shape index (κ3) is 7.05. The Bertz CT molecular complexity index is 566. The van der Waals surface area contributed by atoms with Gasteiger partial charge < -0.3 is 15.0 Å². The van der Waals surface area contributed by atoms with Crippen LogP contribution in [0, 0.1) is 5.92 Å². The normalized spacial score (nSPS) is 11.0. The van der Waals surface area contributed by atoms with Crippen LogP contribution in [-0.4, -0.2) is 31.6 Å². The van der Waals surface area contributed by atoms with Gasteiger partial charge in [-0.25, -0.2) is 0 Å². The minimum atomic E-state index is 0.679. The maximum atomic E-state index is 5.74. The number of nitrogens with one attached hydrogen (secondary N) is 1. The highest BCUT2D eigenvalue weighted by Gasteiger charge is 2.01. The fourth-order valence-corrected chi connectivity index (χ4v) is 2.45. The summed E-state index contributed by atoms with van der Waals surface area (Å²) in [5, 5.41) is 3.47. The highest BCUT2D eigenvalue weighted by Crippen LogP contribution is 2.16. The van der Waals surface area contributed by atoms with Crippen LogP contribution in [0.2, 0.25) is 0 Å². The van der Waals surface area contributed by atoms with Gasteiger partial charge in [-0.2, -0.15) is 0 Å². The van der Waals surface area contributed by atoms with E-state index in [4.69, 9.17) is 4.74 Å². The number of rotatable bonds is 10. The zero-order valence-corrected chi connectivity index (χ0v) is 15.2. The molecule has 3 nitrogen and oxygen atoms in total. The standard InChI is InChI=1S/C21H30N2O/c1-18(2)13-16-24-21-11-9-20(10-12-21)22-14-15-23(3)17-19-7-5-4-6-8-19/h4-12,18,22H,13-17H2,1-3H3. The van der Waals surface area contributed by atoms with E-state index in [9.17, 15) is 0 Å². The lowest BCUT2D eigenvalue weighted by Crippen LogP contribution is -2.24. The highest BCUT2D eigenvalue weighted by molar-refractivity contribution is 5.46. The first-order chi connectivity index (χ1) is 11.6. The molecule has 0 spiro atoms. The highest BCUT2D eigenvalue weighted by atomic mass is 16.5. The van der Waals surface area contributed by atoms with Gasteiger partial charge in [0.2, 0.25) is 0 Å². The van der Waals surface area contributed by atoms with E-state index in [-0.39, 0.29) is 0 Å². The van der Waals surface area contributed by atoms with Gasteiger partial charge >= 0.3 is 0 Å². The number of likely N-dealkylation sites (N-methyl/N-ethyl adjacent to an activating group) is 1. The molecule has 0 saturated carbocycles. The Morgan fingerprint density at radius 3 is 2.38 bits per heavy atom. The van der Waals surface area contributed by atoms with Gasteiger partial charge in [-0.1, -0.05) is 44.2 Å². The number of benzene rings is 2. The minimum Gasteiger partial charge on any atom is -0.494 e. The van der Waals surface area contributed by atoms with E-state index in [1.54, 1.807) is 0 Å². The van der Waals surface area contributed by atoms with Crippen LogP contribution in [0.1, 0.15) is 25.8 Å². The Labute approximate surface area is 146 Å². The summed E-state index contributed by atoms with van der Waals surface area (Å²) in [6, 6.07) is 18.8. The van der Waals surface area contributed by atoms with E-state index in [2.05, 4.69) is 73.6 Å². The van der Waals surface area contributed by atoms with E-state index in [0.29, 0.717) is 5.92 Å². The van der Waals surface area contributed by atoms with Crippen LogP contribution in [0.4, 0.5) is 5.69 Å². The van der Waals surface area contributed by atoms with Crippen LogP contribution in [0.5, 0.6) is 5.75 Å². The average Bonchev–Trinajstić information content (AvgIpc) is 2.57. The molecule has 0 aliphatic rings. The van der Waals surface area contributed by atoms with Crippen molar-refractivity contribution in [3.05, 3.63) is 60.2 Å². The molecule has 0 aliphatic heterocycles. The lowest BCUT2D eigenvalue weighted by molar-refractivity contribution is 0.289. The summed E-state index contributed by atoms with van der Waals surface area (Å²) in [5.74, 6) is 1.63. The molecule has 0 fully saturated rings. The van der Waals surface area contributed by atoms with Crippen molar-refractivity contribution >= 4 is 5.69 Å². The SMILES string of the molecule is CC(C)CCOc1ccc(NCCN(C)Cc2ccccc2)cc1. The summed E-state index contributed by atoms with van der Waals surface area (Å²) in [5.41, 5.74) is 2.49. The molecular weight excluding hydrogens is 296 g/mol. The molecule has 24 heavy (non-hydrogen) atoms. The third-order valence-electron chi connectivity index (χ3n) is 3.94. The fourth-order valence-electron chi connectivity index (χ4n) is 2.45. The fraction of sp³-hybridized carbons (Fsp3) is 0.429. The number of hydrogen-bond donors (Lipinski definition) is 1. The van der Waals surface area contributed by atoms with Crippen LogP contribution < -0.4 is 10.1 Å². The maximum Gasteiger partial charge on any atom is 0.119 e. The molecule has 2 aromatic carbocycles. The first-order valence-electron chi connectivity index (χ1n) is 8.82. The van der Waals surface area contributed by atoms with Crippen LogP contribution in [-0.2, 0) is 6.54 Å². The Balaban J connectivity index is 1.66. The van der Waals surface area contributed by atoms with Crippen molar-refractivity contribution in [3.63, 3.8) is 0 Å². The quantitative estimate of drug-likeness (QED) is 0.687. The first kappa shape index (κ1) is 18.3. The van der Waals surface area contributed by atoms with Gasteiger partial charge in [-0.3, -0.25) is 0 Å². The molecule has 0 saturated heterocycles. The Morgan fingerprint density at radius 2 is 1.71 bits per heavy atom. The summed E-state index contributed by atoms with van der Waals surface area (Å²) in [6.45, 7) is 8.12. The molecule has 0 amide bonds. The van der Waals surface area contributed by atoms with Crippen molar-refractivity contribution in [1.29, 1.82) is 0 Å². The van der Waals surface area contributed by atoms with E-state index in [1.165, 1.54) is 5.56 Å². The monoisotopic (exact) mass is 326 g/mol. The van der Waals surface area contributed by atoms with E-state index in [0.717, 1.165) is 44.1 Å². The van der Waals surface area contributed by atoms with Crippen molar-refractivity contribution in [2.45, 2.75) is 26.8 Å². The van der Waals surface area contributed by atoms with Crippen molar-refractivity contribution in [3.8, 4) is 5.75 Å². The molecule has 2 aromatic rings. The maximum absolute atomic E-state index is 5.74. The first-order valence-corrected chi connectivity index (χ1v) is 8.82. The Morgan fingerprint density at radius 1 is 1.00 bits per heavy atom. The predicted molar refractivity (Wildman–Crippen MR) is 103 cm³/mol. The van der Waals surface area contributed by atoms with E-state index in [1.807, 2.05) is 12.1 Å². The summed E-state index contributed by atoms with van der Waals surface area (Å²) in [7, 11) is 2.15. The molecule has 3 heteroatoms. The Kier molecular flexibility index (Phi) is 7.63. The van der Waals surface area contributed by atoms with Gasteiger partial charge in [0.25, 0.3) is 0 Å². The zero-order chi connectivity index (χ0) is 17.2. The summed E-state index contributed by atoms with van der Waals surface area (Å²) >= 11 is 0. The molecule has 0 bridgehead atoms. The second-order valence-corrected chi connectivity index (χ2v) is 6.71. The van der Waals surface area contributed by atoms with Crippen molar-refractivity contribution in [2.75, 3.05) is 32.1 Å². The van der Waals surface area contributed by atoms with Gasteiger partial charge in [-0.05, 0) is 49.2 Å². The molecule has 130 valence electrons. The number of hydrogen-bond acceptors (Lipinski definition) is 3. The third-order valence-corrected chi connectivity index (χ3v) is 3.94. The number of nitrogens with zero attached hydrogens (tertiary/aromatic N) is 1. The number of ether oxygens (including phenoxy) is 1. The molecule has 0 aromatic heterocycles. The van der Waals surface area contributed by atoms with Gasteiger partial charge in [-0.15, -0.1) is 0 Å². The molecule has 0 unspecified atom stereocenters. The summed E-state index contributed by atoms with van der Waals surface area (Å²) in [4.78, 5) is 2.33. The van der Waals surface area contributed by atoms with Gasteiger partial charge in [0.15, 0.2) is 0 Å². The van der Waals surface area contributed by atoms with Crippen LogP contribution >= 0.6 is 0 Å². The molecule has 0 aliphatic carbocycles. The van der Waals surface area contributed by atoms with Crippen molar-refractivity contribution < 1.29 is 4.74 Å². The predicted octanol–water partition coefficient (Wildman–Crippen LogP) is 4.66. The van der Waals surface area contributed by atoms with Crippen molar-refractivity contribution in [2.24, 2.45) is 5.92 Å². The average molecular weight is 326 g/mol. The lowest BCUT2D eigenvalue weighted by Gasteiger charge is -2.17. The van der Waals surface area contributed by atoms with Gasteiger partial charge in [0, 0.05) is 25.3 Å². The molecule has 0 heterocycles. The van der Waals surface area contributed by atoms with Crippen LogP contribution in [0.25, 0.3) is 0 Å². The largest absolute Gasteiger partial charge is 0.494 e. The molecule has 0 atom stereocenters. The lowest BCUT2D eigenvalue weighted by atomic mass is 10.1. The van der Waals surface area contributed by atoms with E-state index < -0.39 is 0 Å². The van der Waals surface area contributed by atoms with Crippen molar-refractivity contribution in [1.82, 2.24) is 4.90 Å². The second kappa shape index (κ2) is 9.99. The molecular formula is C21H30N2O. The minimum absolute atomic E-state index is 0.679. The zero-order valence-electron chi connectivity index (χ0n) is 15.2. The smallest absolute Gasteiger partial charge is 0.119 e. The van der Waals surface area contributed by atoms with Gasteiger partial charge in [0.1, 0.15) is 5.75 Å². The Hall–Kier alpha value is -2.00. The summed E-state index contributed by atoms with van der Waals surface area (Å²) < 4.78 is 5.74. The van der Waals surface area contributed by atoms with E-state index >= 15 is 0 Å². The molecule has 1 N–H and O–H groups in total. The van der Waals surface area contributed by atoms with Gasteiger partial charge in [0.05, 0.1) is 6.61 Å².